The molecule has 0 unspecified atom stereocenters. The minimum atomic E-state index is -0.845. The number of nitrogens with zero attached hydrogens (tertiary/aromatic N) is 2. The topological polar surface area (TPSA) is 76.4 Å². The van der Waals surface area contributed by atoms with Crippen LogP contribution in [-0.2, 0) is 4.79 Å². The van der Waals surface area contributed by atoms with Crippen LogP contribution >= 0.6 is 0 Å². The summed E-state index contributed by atoms with van der Waals surface area (Å²) in [6, 6.07) is 7.35. The molecule has 0 radical (unpaired) electrons. The smallest absolute Gasteiger partial charge is 0.323 e. The van der Waals surface area contributed by atoms with Gasteiger partial charge in [0.15, 0.2) is 0 Å². The molecule has 5 nitrogen and oxygen atoms in total. The Balaban J connectivity index is 2.36. The van der Waals surface area contributed by atoms with E-state index >= 15 is 0 Å². The molecule has 88 valence electrons. The minimum Gasteiger partial charge on any atom is -0.480 e. The highest BCUT2D eigenvalue weighted by Crippen LogP contribution is 2.29. The zero-order valence-corrected chi connectivity index (χ0v) is 9.31. The molecule has 0 saturated carbocycles. The molecule has 1 heterocycles. The van der Waals surface area contributed by atoms with Crippen LogP contribution in [0, 0.1) is 11.3 Å². The van der Waals surface area contributed by atoms with Crippen LogP contribution in [0.1, 0.15) is 12.0 Å². The zero-order valence-electron chi connectivity index (χ0n) is 9.31. The molecule has 5 heteroatoms. The maximum absolute atomic E-state index is 10.8. The molecule has 0 bridgehead atoms. The summed E-state index contributed by atoms with van der Waals surface area (Å²) in [6.07, 6.45) is 0.879. The number of nitrogens with one attached hydrogen (secondary N) is 1. The van der Waals surface area contributed by atoms with E-state index in [4.69, 9.17) is 10.4 Å². The van der Waals surface area contributed by atoms with Crippen LogP contribution in [0.15, 0.2) is 18.2 Å². The average molecular weight is 231 g/mol. The molecule has 0 aromatic heterocycles. The first kappa shape index (κ1) is 11.3. The van der Waals surface area contributed by atoms with Crippen LogP contribution < -0.4 is 10.2 Å². The molecular weight excluding hydrogens is 218 g/mol. The van der Waals surface area contributed by atoms with Gasteiger partial charge in [0.05, 0.1) is 23.0 Å². The molecule has 0 saturated heterocycles. The number of hydrogen-bond donors (Lipinski definition) is 2. The van der Waals surface area contributed by atoms with E-state index in [1.54, 1.807) is 18.2 Å². The molecule has 1 aliphatic heterocycles. The zero-order chi connectivity index (χ0) is 12.3. The number of carboxylic acids is 1. The van der Waals surface area contributed by atoms with Crippen LogP contribution in [0.2, 0.25) is 0 Å². The predicted octanol–water partition coefficient (Wildman–Crippen LogP) is 1.26. The predicted molar refractivity (Wildman–Crippen MR) is 64.1 cm³/mol. The lowest BCUT2D eigenvalue weighted by Gasteiger charge is -2.22. The molecule has 0 amide bonds. The molecule has 17 heavy (non-hydrogen) atoms. The Labute approximate surface area is 99.3 Å². The molecule has 2 rings (SSSR count). The third-order valence-corrected chi connectivity index (χ3v) is 2.71. The maximum atomic E-state index is 10.8. The van der Waals surface area contributed by atoms with Crippen LogP contribution in [0.25, 0.3) is 0 Å². The van der Waals surface area contributed by atoms with Gasteiger partial charge in [-0.2, -0.15) is 5.26 Å². The fourth-order valence-electron chi connectivity index (χ4n) is 1.96. The van der Waals surface area contributed by atoms with E-state index in [1.807, 2.05) is 4.90 Å². The Morgan fingerprint density at radius 2 is 2.41 bits per heavy atom. The number of carbonyl (C=O) groups is 1. The normalized spacial score (nSPS) is 14.2. The van der Waals surface area contributed by atoms with Crippen molar-refractivity contribution in [2.75, 3.05) is 29.9 Å². The Morgan fingerprint density at radius 1 is 1.59 bits per heavy atom. The third kappa shape index (κ3) is 2.48. The lowest BCUT2D eigenvalue weighted by molar-refractivity contribution is -0.135. The number of aliphatic carboxylic acids is 1. The third-order valence-electron chi connectivity index (χ3n) is 2.71. The van der Waals surface area contributed by atoms with Crippen molar-refractivity contribution in [3.63, 3.8) is 0 Å². The van der Waals surface area contributed by atoms with Crippen molar-refractivity contribution in [2.24, 2.45) is 0 Å². The fourth-order valence-corrected chi connectivity index (χ4v) is 1.96. The van der Waals surface area contributed by atoms with Crippen molar-refractivity contribution in [2.45, 2.75) is 6.42 Å². The van der Waals surface area contributed by atoms with Crippen molar-refractivity contribution in [1.82, 2.24) is 0 Å². The van der Waals surface area contributed by atoms with E-state index in [0.717, 1.165) is 24.3 Å². The standard InChI is InChI=1S/C12H13N3O2/c13-7-9-2-3-11-10(6-9)14-4-1-5-15(11)8-12(16)17/h2-3,6,14H,1,4-5,8H2,(H,16,17). The lowest BCUT2D eigenvalue weighted by atomic mass is 10.1. The second-order valence-corrected chi connectivity index (χ2v) is 3.94. The number of fused-ring (bicyclic) bond motifs is 1. The molecular formula is C12H13N3O2. The van der Waals surface area contributed by atoms with E-state index in [-0.39, 0.29) is 6.54 Å². The number of nitriles is 1. The number of anilines is 2. The second kappa shape index (κ2) is 4.74. The first-order valence-electron chi connectivity index (χ1n) is 5.45. The van der Waals surface area contributed by atoms with Gasteiger partial charge in [0, 0.05) is 13.1 Å². The van der Waals surface area contributed by atoms with Gasteiger partial charge in [0.25, 0.3) is 0 Å². The molecule has 1 aliphatic rings. The van der Waals surface area contributed by atoms with Crippen molar-refractivity contribution < 1.29 is 9.90 Å². The molecule has 1 aromatic rings. The summed E-state index contributed by atoms with van der Waals surface area (Å²) in [4.78, 5) is 12.6. The Morgan fingerprint density at radius 3 is 3.12 bits per heavy atom. The van der Waals surface area contributed by atoms with Gasteiger partial charge in [-0.1, -0.05) is 0 Å². The number of rotatable bonds is 2. The van der Waals surface area contributed by atoms with Gasteiger partial charge in [-0.25, -0.2) is 0 Å². The molecule has 0 spiro atoms. The fraction of sp³-hybridized carbons (Fsp3) is 0.333. The van der Waals surface area contributed by atoms with Crippen molar-refractivity contribution in [3.8, 4) is 6.07 Å². The molecule has 0 fully saturated rings. The molecule has 1 aromatic carbocycles. The Hall–Kier alpha value is -2.22. The largest absolute Gasteiger partial charge is 0.480 e. The quantitative estimate of drug-likeness (QED) is 0.801. The lowest BCUT2D eigenvalue weighted by Crippen LogP contribution is -2.30. The summed E-state index contributed by atoms with van der Waals surface area (Å²) >= 11 is 0. The summed E-state index contributed by atoms with van der Waals surface area (Å²) in [5, 5.41) is 20.9. The van der Waals surface area contributed by atoms with Gasteiger partial charge < -0.3 is 15.3 Å². The monoisotopic (exact) mass is 231 g/mol. The van der Waals surface area contributed by atoms with Gasteiger partial charge in [0.2, 0.25) is 0 Å². The van der Waals surface area contributed by atoms with Gasteiger partial charge in [-0.3, -0.25) is 4.79 Å². The van der Waals surface area contributed by atoms with E-state index < -0.39 is 5.97 Å². The summed E-state index contributed by atoms with van der Waals surface area (Å²) in [6.45, 7) is 1.48. The highest BCUT2D eigenvalue weighted by Gasteiger charge is 2.17. The second-order valence-electron chi connectivity index (χ2n) is 3.94. The van der Waals surface area contributed by atoms with Crippen molar-refractivity contribution in [1.29, 1.82) is 5.26 Å². The number of benzene rings is 1. The SMILES string of the molecule is N#Cc1ccc2c(c1)NCCCN2CC(=O)O. The number of carboxylic acid groups (broad SMARTS) is 1. The van der Waals surface area contributed by atoms with Gasteiger partial charge >= 0.3 is 5.97 Å². The van der Waals surface area contributed by atoms with Crippen molar-refractivity contribution >= 4 is 17.3 Å². The first-order valence-corrected chi connectivity index (χ1v) is 5.45. The number of hydrogen-bond acceptors (Lipinski definition) is 4. The van der Waals surface area contributed by atoms with Crippen molar-refractivity contribution in [3.05, 3.63) is 23.8 Å². The summed E-state index contributed by atoms with van der Waals surface area (Å²) in [5.74, 6) is -0.845. The summed E-state index contributed by atoms with van der Waals surface area (Å²) < 4.78 is 0. The molecule has 0 atom stereocenters. The average Bonchev–Trinajstić information content (AvgIpc) is 2.50. The van der Waals surface area contributed by atoms with E-state index in [1.165, 1.54) is 0 Å². The van der Waals surface area contributed by atoms with Gasteiger partial charge in [-0.05, 0) is 24.6 Å². The van der Waals surface area contributed by atoms with Gasteiger partial charge in [-0.15, -0.1) is 0 Å². The highest BCUT2D eigenvalue weighted by molar-refractivity contribution is 5.79. The summed E-state index contributed by atoms with van der Waals surface area (Å²) in [7, 11) is 0. The van der Waals surface area contributed by atoms with E-state index in [9.17, 15) is 4.79 Å². The van der Waals surface area contributed by atoms with E-state index in [0.29, 0.717) is 12.1 Å². The van der Waals surface area contributed by atoms with Crippen LogP contribution in [-0.4, -0.2) is 30.7 Å². The van der Waals surface area contributed by atoms with E-state index in [2.05, 4.69) is 11.4 Å². The van der Waals surface area contributed by atoms with Crippen LogP contribution in [0.5, 0.6) is 0 Å². The summed E-state index contributed by atoms with van der Waals surface area (Å²) in [5.41, 5.74) is 2.26. The maximum Gasteiger partial charge on any atom is 0.323 e. The highest BCUT2D eigenvalue weighted by atomic mass is 16.4. The van der Waals surface area contributed by atoms with Gasteiger partial charge in [0.1, 0.15) is 6.54 Å². The first-order chi connectivity index (χ1) is 8.20. The molecule has 2 N–H and O–H groups in total. The van der Waals surface area contributed by atoms with Crippen LogP contribution in [0.4, 0.5) is 11.4 Å². The molecule has 0 aliphatic carbocycles. The Bertz CT molecular complexity index is 479. The van der Waals surface area contributed by atoms with Crippen LogP contribution in [0.3, 0.4) is 0 Å². The minimum absolute atomic E-state index is 0.0133. The Kier molecular flexibility index (Phi) is 3.15.